The third kappa shape index (κ3) is 4.31. The van der Waals surface area contributed by atoms with Crippen molar-refractivity contribution >= 4 is 17.7 Å². The molecule has 0 aromatic heterocycles. The first kappa shape index (κ1) is 21.4. The summed E-state index contributed by atoms with van der Waals surface area (Å²) in [5.41, 5.74) is 9.15. The minimum Gasteiger partial charge on any atom is -0.371 e. The fourth-order valence-corrected chi connectivity index (χ4v) is 5.10. The van der Waals surface area contributed by atoms with Gasteiger partial charge in [0.1, 0.15) is 0 Å². The summed E-state index contributed by atoms with van der Waals surface area (Å²) >= 11 is 0. The number of benzene rings is 2. The minimum absolute atomic E-state index is 0.658. The van der Waals surface area contributed by atoms with Gasteiger partial charge in [0.05, 0.1) is 6.57 Å². The second-order valence-electron chi connectivity index (χ2n) is 8.42. The normalized spacial score (nSPS) is 21.3. The number of alkyl halides is 3. The van der Waals surface area contributed by atoms with Gasteiger partial charge in [-0.2, -0.15) is 13.2 Å². The van der Waals surface area contributed by atoms with Crippen LogP contribution >= 0.6 is 0 Å². The van der Waals surface area contributed by atoms with Gasteiger partial charge in [-0.15, -0.1) is 0 Å². The van der Waals surface area contributed by atoms with E-state index in [4.69, 9.17) is 11.4 Å². The van der Waals surface area contributed by atoms with E-state index in [9.17, 15) is 13.2 Å². The van der Waals surface area contributed by atoms with Crippen LogP contribution in [0.2, 0.25) is 0 Å². The Morgan fingerprint density at radius 3 is 2.68 bits per heavy atom. The predicted molar refractivity (Wildman–Crippen MR) is 115 cm³/mol. The zero-order chi connectivity index (χ0) is 22.2. The maximum absolute atomic E-state index is 10.4. The van der Waals surface area contributed by atoms with Crippen molar-refractivity contribution < 1.29 is 18.0 Å². The largest absolute Gasteiger partial charge is 0.446 e. The van der Waals surface area contributed by atoms with Gasteiger partial charge >= 0.3 is 6.18 Å². The molecule has 0 bridgehead atoms. The van der Waals surface area contributed by atoms with Crippen LogP contribution < -0.4 is 10.2 Å². The van der Waals surface area contributed by atoms with E-state index < -0.39 is 12.5 Å². The number of hydrogen-bond acceptors (Lipinski definition) is 3. The Labute approximate surface area is 179 Å². The molecule has 0 unspecified atom stereocenters. The van der Waals surface area contributed by atoms with Crippen molar-refractivity contribution in [3.05, 3.63) is 58.4 Å². The van der Waals surface area contributed by atoms with Gasteiger partial charge in [-0.3, -0.25) is 4.79 Å². The van der Waals surface area contributed by atoms with Crippen LogP contribution in [0.25, 0.3) is 16.0 Å². The third-order valence-corrected chi connectivity index (χ3v) is 6.39. The van der Waals surface area contributed by atoms with Gasteiger partial charge in [0, 0.05) is 37.8 Å². The standard InChI is InChI=1S/C22H23N3.C2HF3O/c1-14-8-18(23-2)5-6-19(14)16-9-15-4-3-7-25-13-17-11-24-12-21(17)20(10-16)22(15)25;3-2(4,5)1-6/h5-6,8-10,17,21,24H,3-4,7,11-13H2,1H3;1H/t17-,21-;/m1./s1. The van der Waals surface area contributed by atoms with E-state index in [1.165, 1.54) is 53.9 Å². The molecule has 0 saturated carbocycles. The lowest BCUT2D eigenvalue weighted by molar-refractivity contribution is -0.156. The second-order valence-corrected chi connectivity index (χ2v) is 8.42. The number of carbonyl (C=O) groups excluding carboxylic acids is 1. The average molecular weight is 427 g/mol. The molecule has 1 N–H and O–H groups in total. The van der Waals surface area contributed by atoms with Crippen molar-refractivity contribution in [2.75, 3.05) is 31.1 Å². The molecule has 3 aliphatic heterocycles. The smallest absolute Gasteiger partial charge is 0.371 e. The molecule has 4 nitrogen and oxygen atoms in total. The fourth-order valence-electron chi connectivity index (χ4n) is 5.10. The molecule has 3 heterocycles. The van der Waals surface area contributed by atoms with E-state index in [-0.39, 0.29) is 0 Å². The molecule has 2 aromatic carbocycles. The van der Waals surface area contributed by atoms with E-state index in [1.54, 1.807) is 5.56 Å². The van der Waals surface area contributed by atoms with Gasteiger partial charge in [-0.25, -0.2) is 4.85 Å². The van der Waals surface area contributed by atoms with Crippen molar-refractivity contribution in [2.24, 2.45) is 5.92 Å². The molecule has 1 saturated heterocycles. The lowest BCUT2D eigenvalue weighted by atomic mass is 9.78. The number of halogens is 3. The first-order valence-corrected chi connectivity index (χ1v) is 10.4. The Balaban J connectivity index is 0.000000342. The van der Waals surface area contributed by atoms with E-state index >= 15 is 0 Å². The summed E-state index contributed by atoms with van der Waals surface area (Å²) in [5.74, 6) is 1.41. The summed E-state index contributed by atoms with van der Waals surface area (Å²) in [6, 6.07) is 10.9. The molecule has 0 amide bonds. The highest BCUT2D eigenvalue weighted by Gasteiger charge is 2.39. The van der Waals surface area contributed by atoms with Crippen LogP contribution in [0.1, 0.15) is 29.0 Å². The topological polar surface area (TPSA) is 36.7 Å². The van der Waals surface area contributed by atoms with Gasteiger partial charge in [0.25, 0.3) is 0 Å². The Hall–Kier alpha value is -2.85. The van der Waals surface area contributed by atoms with Gasteiger partial charge in [0.15, 0.2) is 5.69 Å². The van der Waals surface area contributed by atoms with Gasteiger partial charge in [-0.1, -0.05) is 23.8 Å². The van der Waals surface area contributed by atoms with E-state index in [0.717, 1.165) is 24.7 Å². The molecular weight excluding hydrogens is 403 g/mol. The summed E-state index contributed by atoms with van der Waals surface area (Å²) in [7, 11) is 0. The van der Waals surface area contributed by atoms with Gasteiger partial charge in [-0.05, 0) is 60.1 Å². The summed E-state index contributed by atoms with van der Waals surface area (Å²) in [6.45, 7) is 14.0. The maximum Gasteiger partial charge on any atom is 0.446 e. The molecule has 162 valence electrons. The molecule has 2 atom stereocenters. The number of aldehydes is 1. The fraction of sp³-hybridized carbons (Fsp3) is 0.417. The van der Waals surface area contributed by atoms with Crippen molar-refractivity contribution in [1.82, 2.24) is 5.32 Å². The molecule has 7 heteroatoms. The minimum atomic E-state index is -4.64. The van der Waals surface area contributed by atoms with Crippen LogP contribution in [0.3, 0.4) is 0 Å². The number of anilines is 1. The molecule has 31 heavy (non-hydrogen) atoms. The predicted octanol–water partition coefficient (Wildman–Crippen LogP) is 5.03. The summed E-state index contributed by atoms with van der Waals surface area (Å²) in [5, 5.41) is 3.62. The quantitative estimate of drug-likeness (QED) is 0.512. The van der Waals surface area contributed by atoms with E-state index in [0.29, 0.717) is 5.92 Å². The number of carbonyl (C=O) groups is 1. The molecule has 5 rings (SSSR count). The van der Waals surface area contributed by atoms with Crippen LogP contribution in [-0.4, -0.2) is 38.6 Å². The molecule has 0 radical (unpaired) electrons. The van der Waals surface area contributed by atoms with Crippen LogP contribution in [0.4, 0.5) is 24.5 Å². The zero-order valence-electron chi connectivity index (χ0n) is 17.3. The van der Waals surface area contributed by atoms with Crippen molar-refractivity contribution in [3.8, 4) is 11.1 Å². The maximum atomic E-state index is 10.4. The number of nitrogens with zero attached hydrogens (tertiary/aromatic N) is 2. The number of nitrogens with one attached hydrogen (secondary N) is 1. The van der Waals surface area contributed by atoms with Crippen LogP contribution in [-0.2, 0) is 11.2 Å². The zero-order valence-corrected chi connectivity index (χ0v) is 17.3. The van der Waals surface area contributed by atoms with Crippen molar-refractivity contribution in [2.45, 2.75) is 31.9 Å². The Morgan fingerprint density at radius 2 is 2.00 bits per heavy atom. The van der Waals surface area contributed by atoms with Crippen molar-refractivity contribution in [1.29, 1.82) is 0 Å². The summed E-state index contributed by atoms with van der Waals surface area (Å²) in [6.07, 6.45) is -3.25. The third-order valence-electron chi connectivity index (χ3n) is 6.39. The molecule has 3 aliphatic rings. The second kappa shape index (κ2) is 8.35. The number of hydrogen-bond donors (Lipinski definition) is 1. The number of rotatable bonds is 1. The summed E-state index contributed by atoms with van der Waals surface area (Å²) in [4.78, 5) is 14.9. The highest BCUT2D eigenvalue weighted by molar-refractivity contribution is 5.77. The molecule has 2 aromatic rings. The number of aryl methyl sites for hydroxylation is 2. The Bertz CT molecular complexity index is 1040. The Kier molecular flexibility index (Phi) is 5.76. The van der Waals surface area contributed by atoms with Crippen molar-refractivity contribution in [3.63, 3.8) is 0 Å². The number of fused-ring (bicyclic) bond motifs is 2. The Morgan fingerprint density at radius 1 is 1.23 bits per heavy atom. The van der Waals surface area contributed by atoms with E-state index in [1.807, 2.05) is 12.1 Å². The molecule has 1 fully saturated rings. The first-order valence-electron chi connectivity index (χ1n) is 10.4. The highest BCUT2D eigenvalue weighted by atomic mass is 19.4. The molecule has 0 spiro atoms. The average Bonchev–Trinajstić information content (AvgIpc) is 3.22. The lowest BCUT2D eigenvalue weighted by Gasteiger charge is -2.42. The molecule has 0 aliphatic carbocycles. The van der Waals surface area contributed by atoms with Crippen LogP contribution in [0.5, 0.6) is 0 Å². The lowest BCUT2D eigenvalue weighted by Crippen LogP contribution is -2.40. The summed E-state index contributed by atoms with van der Waals surface area (Å²) < 4.78 is 31.2. The monoisotopic (exact) mass is 427 g/mol. The van der Waals surface area contributed by atoms with Crippen LogP contribution in [0.15, 0.2) is 30.3 Å². The van der Waals surface area contributed by atoms with E-state index in [2.05, 4.69) is 40.2 Å². The van der Waals surface area contributed by atoms with Crippen LogP contribution in [0, 0.1) is 19.4 Å². The highest BCUT2D eigenvalue weighted by Crippen LogP contribution is 2.46. The van der Waals surface area contributed by atoms with Gasteiger partial charge in [0.2, 0.25) is 6.29 Å². The first-order chi connectivity index (χ1) is 14.8. The SMILES string of the molecule is O=CC(F)(F)F.[C-]#[N+]c1ccc(-c2cc3c4c(c2)[C@@H]2CNC[C@@H]2CN4CCC3)c(C)c1. The van der Waals surface area contributed by atoms with Gasteiger partial charge < -0.3 is 10.2 Å². The molecular formula is C24H24F3N3O.